The van der Waals surface area contributed by atoms with Crippen LogP contribution in [0.5, 0.6) is 0 Å². The normalized spacial score (nSPS) is 18.1. The third kappa shape index (κ3) is 4.15. The molecule has 2 aliphatic heterocycles. The molecule has 28 heavy (non-hydrogen) atoms. The van der Waals surface area contributed by atoms with Crippen LogP contribution in [0.2, 0.25) is 0 Å². The van der Waals surface area contributed by atoms with E-state index in [9.17, 15) is 18.4 Å². The average molecular weight is 409 g/mol. The number of benzene rings is 2. The fourth-order valence-corrected chi connectivity index (χ4v) is 4.74. The maximum absolute atomic E-state index is 13.3. The minimum Gasteiger partial charge on any atom is -0.340 e. The highest BCUT2D eigenvalue weighted by molar-refractivity contribution is 7.99. The van der Waals surface area contributed by atoms with Crippen molar-refractivity contribution < 1.29 is 18.4 Å². The molecule has 8 heteroatoms. The van der Waals surface area contributed by atoms with E-state index in [-0.39, 0.29) is 0 Å². The van der Waals surface area contributed by atoms with Gasteiger partial charge in [0.1, 0.15) is 0 Å². The van der Waals surface area contributed by atoms with Gasteiger partial charge in [0.2, 0.25) is 0 Å². The van der Waals surface area contributed by atoms with E-state index in [4.69, 9.17) is 0 Å². The summed E-state index contributed by atoms with van der Waals surface area (Å²) in [7, 11) is 0. The summed E-state index contributed by atoms with van der Waals surface area (Å²) in [4.78, 5) is 6.20. The second-order valence-corrected chi connectivity index (χ2v) is 8.13. The lowest BCUT2D eigenvalue weighted by molar-refractivity contribution is -0.137. The van der Waals surface area contributed by atoms with E-state index in [0.717, 1.165) is 47.6 Å². The van der Waals surface area contributed by atoms with Crippen molar-refractivity contribution in [2.75, 3.05) is 44.2 Å². The highest BCUT2D eigenvalue weighted by atomic mass is 32.2. The molecule has 4 rings (SSSR count). The Balaban J connectivity index is 1.55. The van der Waals surface area contributed by atoms with E-state index >= 15 is 0 Å². The Morgan fingerprint density at radius 3 is 2.36 bits per heavy atom. The maximum Gasteiger partial charge on any atom is 0.416 e. The summed E-state index contributed by atoms with van der Waals surface area (Å²) in [5.41, 5.74) is 0.966. The lowest BCUT2D eigenvalue weighted by Crippen LogP contribution is -2.45. The molecule has 1 fully saturated rings. The molecule has 4 nitrogen and oxygen atoms in total. The van der Waals surface area contributed by atoms with Crippen molar-refractivity contribution in [3.63, 3.8) is 0 Å². The second-order valence-electron chi connectivity index (χ2n) is 7.05. The van der Waals surface area contributed by atoms with Crippen molar-refractivity contribution >= 4 is 23.1 Å². The van der Waals surface area contributed by atoms with Crippen LogP contribution in [0.1, 0.15) is 12.0 Å². The largest absolute Gasteiger partial charge is 0.416 e. The Bertz CT molecular complexity index is 838. The first kappa shape index (κ1) is 19.6. The van der Waals surface area contributed by atoms with Crippen LogP contribution in [0.4, 0.5) is 24.5 Å². The van der Waals surface area contributed by atoms with Gasteiger partial charge in [-0.25, -0.2) is 0 Å². The smallest absolute Gasteiger partial charge is 0.340 e. The van der Waals surface area contributed by atoms with Crippen molar-refractivity contribution in [3.8, 4) is 0 Å². The first-order valence-corrected chi connectivity index (χ1v) is 10.2. The third-order valence-corrected chi connectivity index (χ3v) is 6.29. The second kappa shape index (κ2) is 7.94. The fourth-order valence-electron chi connectivity index (χ4n) is 3.66. The summed E-state index contributed by atoms with van der Waals surface area (Å²) in [5.74, 6) is 0. The summed E-state index contributed by atoms with van der Waals surface area (Å²) >= 11 is 1.51. The third-order valence-electron chi connectivity index (χ3n) is 5.16. The molecule has 0 aliphatic carbocycles. The molecule has 2 aromatic rings. The van der Waals surface area contributed by atoms with E-state index in [1.807, 2.05) is 29.2 Å². The minimum absolute atomic E-state index is 0.615. The van der Waals surface area contributed by atoms with Crippen molar-refractivity contribution in [2.24, 2.45) is 0 Å². The molecule has 0 aromatic heterocycles. The van der Waals surface area contributed by atoms with Gasteiger partial charge < -0.3 is 15.0 Å². The minimum atomic E-state index is -4.35. The van der Waals surface area contributed by atoms with Crippen molar-refractivity contribution in [3.05, 3.63) is 48.0 Å². The Morgan fingerprint density at radius 2 is 1.61 bits per heavy atom. The SMILES string of the molecule is ON1CCN(CCCN2c3ccccc3Sc3ccc(C(F)(F)F)cc32)CC1. The number of hydroxylamine groups is 2. The van der Waals surface area contributed by atoms with Crippen molar-refractivity contribution in [1.29, 1.82) is 0 Å². The number of anilines is 2. The van der Waals surface area contributed by atoms with Crippen LogP contribution in [-0.4, -0.2) is 54.4 Å². The molecule has 0 spiro atoms. The number of piperazine rings is 1. The van der Waals surface area contributed by atoms with Gasteiger partial charge in [0.25, 0.3) is 0 Å². The molecule has 1 N–H and O–H groups in total. The van der Waals surface area contributed by atoms with Gasteiger partial charge in [-0.3, -0.25) is 0 Å². The van der Waals surface area contributed by atoms with E-state index in [2.05, 4.69) is 4.90 Å². The van der Waals surface area contributed by atoms with Crippen LogP contribution in [0.15, 0.2) is 52.3 Å². The number of nitrogens with zero attached hydrogens (tertiary/aromatic N) is 3. The maximum atomic E-state index is 13.3. The zero-order chi connectivity index (χ0) is 19.7. The highest BCUT2D eigenvalue weighted by Crippen LogP contribution is 2.49. The molecule has 2 aliphatic rings. The zero-order valence-corrected chi connectivity index (χ0v) is 16.1. The number of hydrogen-bond acceptors (Lipinski definition) is 5. The number of hydrogen-bond donors (Lipinski definition) is 1. The van der Waals surface area contributed by atoms with Gasteiger partial charge in [0.15, 0.2) is 0 Å². The van der Waals surface area contributed by atoms with E-state index in [1.54, 1.807) is 6.07 Å². The van der Waals surface area contributed by atoms with E-state index in [0.29, 0.717) is 25.3 Å². The highest BCUT2D eigenvalue weighted by Gasteiger charge is 2.33. The summed E-state index contributed by atoms with van der Waals surface area (Å²) in [6, 6.07) is 11.9. The number of rotatable bonds is 4. The van der Waals surface area contributed by atoms with Crippen LogP contribution in [0, 0.1) is 0 Å². The van der Waals surface area contributed by atoms with E-state index in [1.165, 1.54) is 22.9 Å². The molecule has 2 heterocycles. The number of para-hydroxylation sites is 1. The van der Waals surface area contributed by atoms with Crippen LogP contribution < -0.4 is 4.90 Å². The van der Waals surface area contributed by atoms with Crippen LogP contribution in [0.3, 0.4) is 0 Å². The fraction of sp³-hybridized carbons (Fsp3) is 0.400. The topological polar surface area (TPSA) is 30.0 Å². The molecule has 2 aromatic carbocycles. The van der Waals surface area contributed by atoms with Crippen LogP contribution in [-0.2, 0) is 6.18 Å². The molecule has 0 radical (unpaired) electrons. The zero-order valence-electron chi connectivity index (χ0n) is 15.3. The van der Waals surface area contributed by atoms with Crippen LogP contribution >= 0.6 is 11.8 Å². The predicted molar refractivity (Wildman–Crippen MR) is 103 cm³/mol. The lowest BCUT2D eigenvalue weighted by Gasteiger charge is -2.35. The molecule has 0 saturated carbocycles. The van der Waals surface area contributed by atoms with Gasteiger partial charge in [-0.2, -0.15) is 18.2 Å². The molecule has 0 amide bonds. The first-order valence-electron chi connectivity index (χ1n) is 9.34. The van der Waals surface area contributed by atoms with Crippen molar-refractivity contribution in [2.45, 2.75) is 22.4 Å². The van der Waals surface area contributed by atoms with E-state index < -0.39 is 11.7 Å². The average Bonchev–Trinajstić information content (AvgIpc) is 2.68. The Labute approximate surface area is 166 Å². The molecule has 0 bridgehead atoms. The van der Waals surface area contributed by atoms with Crippen LogP contribution in [0.25, 0.3) is 0 Å². The van der Waals surface area contributed by atoms with Crippen molar-refractivity contribution in [1.82, 2.24) is 9.96 Å². The quantitative estimate of drug-likeness (QED) is 0.791. The molecule has 0 unspecified atom stereocenters. The first-order chi connectivity index (χ1) is 13.4. The van der Waals surface area contributed by atoms with Gasteiger partial charge >= 0.3 is 6.18 Å². The predicted octanol–water partition coefficient (Wildman–Crippen LogP) is 4.71. The monoisotopic (exact) mass is 409 g/mol. The van der Waals surface area contributed by atoms with Gasteiger partial charge in [-0.05, 0) is 43.3 Å². The molecule has 1 saturated heterocycles. The van der Waals surface area contributed by atoms with Gasteiger partial charge in [0.05, 0.1) is 16.9 Å². The summed E-state index contributed by atoms with van der Waals surface area (Å²) in [6.07, 6.45) is -3.52. The number of halogens is 3. The number of fused-ring (bicyclic) bond motifs is 2. The Kier molecular flexibility index (Phi) is 5.55. The lowest BCUT2D eigenvalue weighted by atomic mass is 10.1. The van der Waals surface area contributed by atoms with Gasteiger partial charge in [-0.15, -0.1) is 0 Å². The number of alkyl halides is 3. The summed E-state index contributed by atoms with van der Waals surface area (Å²) in [5, 5.41) is 10.8. The standard InChI is InChI=1S/C20H22F3N3OS/c21-20(22,23)15-6-7-19-17(14-15)26(16-4-1-2-5-18(16)28-19)9-3-8-24-10-12-25(27)13-11-24/h1-2,4-7,14,27H,3,8-13H2. The Hall–Kier alpha value is -1.74. The van der Waals surface area contributed by atoms with Gasteiger partial charge in [-0.1, -0.05) is 23.9 Å². The molecular weight excluding hydrogens is 387 g/mol. The Morgan fingerprint density at radius 1 is 0.893 bits per heavy atom. The summed E-state index contributed by atoms with van der Waals surface area (Å²) in [6.45, 7) is 4.36. The molecular formula is C20H22F3N3OS. The van der Waals surface area contributed by atoms with Gasteiger partial charge in [0, 0.05) is 42.5 Å². The molecule has 0 atom stereocenters. The molecule has 150 valence electrons. The summed E-state index contributed by atoms with van der Waals surface area (Å²) < 4.78 is 39.8.